The van der Waals surface area contributed by atoms with Crippen LogP contribution in [0.1, 0.15) is 51.6 Å². The lowest BCUT2D eigenvalue weighted by atomic mass is 9.84. The molecule has 0 saturated carbocycles. The molecule has 2 nitrogen and oxygen atoms in total. The molecule has 1 unspecified atom stereocenters. The van der Waals surface area contributed by atoms with E-state index in [4.69, 9.17) is 0 Å². The molecule has 118 valence electrons. The van der Waals surface area contributed by atoms with Gasteiger partial charge in [-0.1, -0.05) is 39.0 Å². The fraction of sp³-hybridized carbons (Fsp3) is 0.667. The van der Waals surface area contributed by atoms with E-state index in [-0.39, 0.29) is 11.9 Å². The van der Waals surface area contributed by atoms with Crippen LogP contribution in [0.25, 0.3) is 0 Å². The first kappa shape index (κ1) is 16.4. The first-order valence-electron chi connectivity index (χ1n) is 8.22. The Morgan fingerprint density at radius 2 is 2.10 bits per heavy atom. The van der Waals surface area contributed by atoms with Crippen LogP contribution in [-0.2, 0) is 0 Å². The topological polar surface area (TPSA) is 15.3 Å². The Hall–Kier alpha value is -0.930. The number of nitrogens with zero attached hydrogens (tertiary/aromatic N) is 1. The van der Waals surface area contributed by atoms with Crippen LogP contribution in [0.15, 0.2) is 24.3 Å². The minimum atomic E-state index is -0.0950. The molecule has 1 fully saturated rings. The third-order valence-corrected chi connectivity index (χ3v) is 4.44. The minimum absolute atomic E-state index is 0.0950. The summed E-state index contributed by atoms with van der Waals surface area (Å²) in [6.07, 6.45) is 3.55. The maximum absolute atomic E-state index is 14.0. The van der Waals surface area contributed by atoms with Gasteiger partial charge in [0.1, 0.15) is 5.82 Å². The number of nitrogens with one attached hydrogen (secondary N) is 1. The van der Waals surface area contributed by atoms with Crippen LogP contribution in [-0.4, -0.2) is 31.1 Å². The number of likely N-dealkylation sites (tertiary alicyclic amines) is 1. The second-order valence-corrected chi connectivity index (χ2v) is 6.96. The summed E-state index contributed by atoms with van der Waals surface area (Å²) in [4.78, 5) is 2.54. The Balaban J connectivity index is 1.96. The van der Waals surface area contributed by atoms with Gasteiger partial charge in [-0.25, -0.2) is 4.39 Å². The maximum atomic E-state index is 14.0. The monoisotopic (exact) mass is 292 g/mol. The van der Waals surface area contributed by atoms with Crippen molar-refractivity contribution in [3.05, 3.63) is 35.6 Å². The van der Waals surface area contributed by atoms with Gasteiger partial charge in [0.25, 0.3) is 0 Å². The zero-order valence-electron chi connectivity index (χ0n) is 13.7. The van der Waals surface area contributed by atoms with Gasteiger partial charge in [0.05, 0.1) is 0 Å². The normalized spacial score (nSPS) is 20.4. The molecule has 21 heavy (non-hydrogen) atoms. The SMILES string of the molecule is CCNC(CCN1CCCC(C)(C)C1)c1ccccc1F. The van der Waals surface area contributed by atoms with Crippen molar-refractivity contribution in [1.29, 1.82) is 0 Å². The first-order valence-corrected chi connectivity index (χ1v) is 8.22. The van der Waals surface area contributed by atoms with Crippen molar-refractivity contribution in [2.75, 3.05) is 26.2 Å². The zero-order chi connectivity index (χ0) is 15.3. The summed E-state index contributed by atoms with van der Waals surface area (Å²) in [5.74, 6) is -0.0950. The standard InChI is InChI=1S/C18H29FN2/c1-4-20-17(15-8-5-6-9-16(15)19)10-13-21-12-7-11-18(2,3)14-21/h5-6,8-9,17,20H,4,7,10-14H2,1-3H3. The number of piperidine rings is 1. The third-order valence-electron chi connectivity index (χ3n) is 4.44. The molecule has 1 atom stereocenters. The molecule has 0 radical (unpaired) electrons. The molecule has 0 aromatic heterocycles. The van der Waals surface area contributed by atoms with E-state index >= 15 is 0 Å². The van der Waals surface area contributed by atoms with E-state index in [0.29, 0.717) is 5.41 Å². The summed E-state index contributed by atoms with van der Waals surface area (Å²) in [6, 6.07) is 7.26. The van der Waals surface area contributed by atoms with E-state index in [2.05, 4.69) is 31.0 Å². The second-order valence-electron chi connectivity index (χ2n) is 6.96. The number of hydrogen-bond acceptors (Lipinski definition) is 2. The van der Waals surface area contributed by atoms with Gasteiger partial charge >= 0.3 is 0 Å². The lowest BCUT2D eigenvalue weighted by Gasteiger charge is -2.38. The van der Waals surface area contributed by atoms with Crippen LogP contribution in [0.3, 0.4) is 0 Å². The van der Waals surface area contributed by atoms with Crippen LogP contribution in [0.4, 0.5) is 4.39 Å². The summed E-state index contributed by atoms with van der Waals surface area (Å²) < 4.78 is 14.0. The molecule has 1 aliphatic heterocycles. The van der Waals surface area contributed by atoms with Gasteiger partial charge in [-0.3, -0.25) is 0 Å². The molecule has 1 heterocycles. The van der Waals surface area contributed by atoms with Crippen molar-refractivity contribution in [1.82, 2.24) is 10.2 Å². The summed E-state index contributed by atoms with van der Waals surface area (Å²) in [5.41, 5.74) is 1.22. The van der Waals surface area contributed by atoms with Crippen molar-refractivity contribution in [3.8, 4) is 0 Å². The zero-order valence-corrected chi connectivity index (χ0v) is 13.7. The Bertz CT molecular complexity index is 445. The van der Waals surface area contributed by atoms with Crippen LogP contribution >= 0.6 is 0 Å². The average Bonchev–Trinajstić information content (AvgIpc) is 2.43. The molecule has 1 N–H and O–H groups in total. The minimum Gasteiger partial charge on any atom is -0.310 e. The molecule has 0 bridgehead atoms. The van der Waals surface area contributed by atoms with E-state index in [0.717, 1.165) is 31.6 Å². The van der Waals surface area contributed by atoms with Crippen molar-refractivity contribution in [3.63, 3.8) is 0 Å². The van der Waals surface area contributed by atoms with E-state index < -0.39 is 0 Å². The smallest absolute Gasteiger partial charge is 0.127 e. The number of halogens is 1. The number of rotatable bonds is 6. The molecule has 0 aliphatic carbocycles. The highest BCUT2D eigenvalue weighted by Crippen LogP contribution is 2.29. The number of hydrogen-bond donors (Lipinski definition) is 1. The van der Waals surface area contributed by atoms with Crippen molar-refractivity contribution in [2.45, 2.75) is 46.1 Å². The fourth-order valence-electron chi connectivity index (χ4n) is 3.42. The average molecular weight is 292 g/mol. The van der Waals surface area contributed by atoms with Gasteiger partial charge in [0, 0.05) is 18.2 Å². The van der Waals surface area contributed by atoms with E-state index in [9.17, 15) is 4.39 Å². The maximum Gasteiger partial charge on any atom is 0.127 e. The molecule has 1 aliphatic rings. The summed E-state index contributed by atoms with van der Waals surface area (Å²) in [5, 5.41) is 3.43. The fourth-order valence-corrected chi connectivity index (χ4v) is 3.42. The Labute approximate surface area is 128 Å². The van der Waals surface area contributed by atoms with E-state index in [1.807, 2.05) is 12.1 Å². The lowest BCUT2D eigenvalue weighted by molar-refractivity contribution is 0.113. The molecule has 3 heteroatoms. The molecule has 1 aromatic rings. The molecule has 1 saturated heterocycles. The van der Waals surface area contributed by atoms with Crippen LogP contribution in [0.5, 0.6) is 0 Å². The van der Waals surface area contributed by atoms with Crippen molar-refractivity contribution in [2.24, 2.45) is 5.41 Å². The predicted molar refractivity (Wildman–Crippen MR) is 86.9 cm³/mol. The molecule has 2 rings (SSSR count). The van der Waals surface area contributed by atoms with Gasteiger partial charge in [0.2, 0.25) is 0 Å². The second kappa shape index (κ2) is 7.37. The third kappa shape index (κ3) is 4.79. The molecule has 0 amide bonds. The van der Waals surface area contributed by atoms with Gasteiger partial charge < -0.3 is 10.2 Å². The first-order chi connectivity index (χ1) is 10.0. The van der Waals surface area contributed by atoms with Crippen LogP contribution < -0.4 is 5.32 Å². The molecule has 1 aromatic carbocycles. The summed E-state index contributed by atoms with van der Waals surface area (Å²) >= 11 is 0. The van der Waals surface area contributed by atoms with Gasteiger partial charge in [-0.15, -0.1) is 0 Å². The van der Waals surface area contributed by atoms with Gasteiger partial charge in [-0.2, -0.15) is 0 Å². The van der Waals surface area contributed by atoms with E-state index in [1.165, 1.54) is 19.4 Å². The Morgan fingerprint density at radius 3 is 2.76 bits per heavy atom. The summed E-state index contributed by atoms with van der Waals surface area (Å²) in [6.45, 7) is 11.0. The van der Waals surface area contributed by atoms with E-state index in [1.54, 1.807) is 12.1 Å². The highest BCUT2D eigenvalue weighted by atomic mass is 19.1. The van der Waals surface area contributed by atoms with Crippen LogP contribution in [0.2, 0.25) is 0 Å². The molecule has 0 spiro atoms. The Kier molecular flexibility index (Phi) is 5.77. The van der Waals surface area contributed by atoms with Crippen molar-refractivity contribution < 1.29 is 4.39 Å². The summed E-state index contributed by atoms with van der Waals surface area (Å²) in [7, 11) is 0. The quantitative estimate of drug-likeness (QED) is 0.853. The highest BCUT2D eigenvalue weighted by molar-refractivity contribution is 5.21. The van der Waals surface area contributed by atoms with Gasteiger partial charge in [0.15, 0.2) is 0 Å². The van der Waals surface area contributed by atoms with Crippen molar-refractivity contribution >= 4 is 0 Å². The lowest BCUT2D eigenvalue weighted by Crippen LogP contribution is -2.41. The van der Waals surface area contributed by atoms with Gasteiger partial charge in [-0.05, 0) is 50.4 Å². The highest BCUT2D eigenvalue weighted by Gasteiger charge is 2.26. The Morgan fingerprint density at radius 1 is 1.33 bits per heavy atom. The molecular formula is C18H29FN2. The molecular weight excluding hydrogens is 263 g/mol. The predicted octanol–water partition coefficient (Wildman–Crippen LogP) is 3.99. The van der Waals surface area contributed by atoms with Crippen LogP contribution in [0, 0.1) is 11.2 Å². The number of benzene rings is 1. The largest absolute Gasteiger partial charge is 0.310 e.